The first-order chi connectivity index (χ1) is 19.1. The first-order valence-electron chi connectivity index (χ1n) is 13.4. The summed E-state index contributed by atoms with van der Waals surface area (Å²) < 4.78 is 26.3. The molecule has 1 saturated heterocycles. The Morgan fingerprint density at radius 1 is 0.846 bits per heavy atom. The molecule has 1 aromatic heterocycles. The van der Waals surface area contributed by atoms with Gasteiger partial charge in [-0.3, -0.25) is 9.69 Å². The molecule has 2 heterocycles. The summed E-state index contributed by atoms with van der Waals surface area (Å²) in [6, 6.07) is 28.5. The van der Waals surface area contributed by atoms with Gasteiger partial charge in [0.15, 0.2) is 5.76 Å². The second-order valence-corrected chi connectivity index (χ2v) is 9.67. The van der Waals surface area contributed by atoms with E-state index in [1.165, 1.54) is 6.07 Å². The molecule has 3 aromatic carbocycles. The van der Waals surface area contributed by atoms with Gasteiger partial charge in [-0.1, -0.05) is 60.7 Å². The number of ether oxygens (including phenoxy) is 1. The SMILES string of the molecule is CCOc1ccccc1N1CCN(C(=O)c2ccc(CN(Cc3ccccc3)Cc3ccccc3F)o2)CC1. The molecule has 1 aliphatic heterocycles. The van der Waals surface area contributed by atoms with E-state index in [1.54, 1.807) is 18.2 Å². The number of carbonyl (C=O) groups excluding carboxylic acids is 1. The molecule has 4 aromatic rings. The molecule has 0 saturated carbocycles. The molecule has 0 aliphatic carbocycles. The second kappa shape index (κ2) is 12.6. The fourth-order valence-corrected chi connectivity index (χ4v) is 4.98. The van der Waals surface area contributed by atoms with E-state index in [2.05, 4.69) is 28.0 Å². The number of anilines is 1. The monoisotopic (exact) mass is 527 g/mol. The molecule has 5 rings (SSSR count). The zero-order valence-corrected chi connectivity index (χ0v) is 22.3. The van der Waals surface area contributed by atoms with Crippen LogP contribution in [0.1, 0.15) is 34.4 Å². The maximum atomic E-state index is 14.4. The highest BCUT2D eigenvalue weighted by atomic mass is 19.1. The van der Waals surface area contributed by atoms with E-state index in [0.717, 1.165) is 30.1 Å². The fourth-order valence-electron chi connectivity index (χ4n) is 4.98. The van der Waals surface area contributed by atoms with Crippen molar-refractivity contribution >= 4 is 11.6 Å². The number of nitrogens with zero attached hydrogens (tertiary/aromatic N) is 3. The van der Waals surface area contributed by atoms with Crippen LogP contribution in [0.3, 0.4) is 0 Å². The van der Waals surface area contributed by atoms with E-state index in [0.29, 0.717) is 56.4 Å². The second-order valence-electron chi connectivity index (χ2n) is 9.67. The maximum Gasteiger partial charge on any atom is 0.289 e. The Morgan fingerprint density at radius 2 is 1.56 bits per heavy atom. The van der Waals surface area contributed by atoms with Crippen molar-refractivity contribution in [2.45, 2.75) is 26.6 Å². The van der Waals surface area contributed by atoms with Crippen molar-refractivity contribution in [3.05, 3.63) is 119 Å². The van der Waals surface area contributed by atoms with Gasteiger partial charge in [-0.25, -0.2) is 4.39 Å². The number of hydrogen-bond donors (Lipinski definition) is 0. The van der Waals surface area contributed by atoms with Crippen LogP contribution >= 0.6 is 0 Å². The molecule has 0 bridgehead atoms. The number of benzene rings is 3. The lowest BCUT2D eigenvalue weighted by Crippen LogP contribution is -2.48. The van der Waals surface area contributed by atoms with E-state index in [4.69, 9.17) is 9.15 Å². The highest BCUT2D eigenvalue weighted by Crippen LogP contribution is 2.29. The van der Waals surface area contributed by atoms with Crippen molar-refractivity contribution in [2.75, 3.05) is 37.7 Å². The van der Waals surface area contributed by atoms with Crippen molar-refractivity contribution < 1.29 is 18.3 Å². The third kappa shape index (κ3) is 6.67. The first kappa shape index (κ1) is 26.5. The predicted molar refractivity (Wildman–Crippen MR) is 150 cm³/mol. The van der Waals surface area contributed by atoms with Crippen LogP contribution < -0.4 is 9.64 Å². The van der Waals surface area contributed by atoms with Crippen LogP contribution in [-0.4, -0.2) is 48.5 Å². The molecule has 0 N–H and O–H groups in total. The molecular weight excluding hydrogens is 493 g/mol. The molecule has 0 atom stereocenters. The summed E-state index contributed by atoms with van der Waals surface area (Å²) in [7, 11) is 0. The molecule has 1 aliphatic rings. The van der Waals surface area contributed by atoms with E-state index < -0.39 is 0 Å². The van der Waals surface area contributed by atoms with Gasteiger partial charge in [0.1, 0.15) is 17.3 Å². The van der Waals surface area contributed by atoms with Gasteiger partial charge in [-0.2, -0.15) is 0 Å². The van der Waals surface area contributed by atoms with Gasteiger partial charge < -0.3 is 19.0 Å². The summed E-state index contributed by atoms with van der Waals surface area (Å²) in [6.07, 6.45) is 0. The average molecular weight is 528 g/mol. The van der Waals surface area contributed by atoms with Crippen LogP contribution in [0.4, 0.5) is 10.1 Å². The van der Waals surface area contributed by atoms with Crippen LogP contribution in [0, 0.1) is 5.82 Å². The van der Waals surface area contributed by atoms with Gasteiger partial charge in [0, 0.05) is 44.8 Å². The number of halogens is 1. The Morgan fingerprint density at radius 3 is 2.33 bits per heavy atom. The highest BCUT2D eigenvalue weighted by Gasteiger charge is 2.26. The molecule has 6 nitrogen and oxygen atoms in total. The van der Waals surface area contributed by atoms with Crippen molar-refractivity contribution in [2.24, 2.45) is 0 Å². The third-order valence-corrected chi connectivity index (χ3v) is 6.93. The molecule has 0 spiro atoms. The lowest BCUT2D eigenvalue weighted by atomic mass is 10.1. The number of furan rings is 1. The molecular formula is C32H34FN3O3. The predicted octanol–water partition coefficient (Wildman–Crippen LogP) is 5.98. The number of amides is 1. The Labute approximate surface area is 229 Å². The Balaban J connectivity index is 1.23. The molecule has 202 valence electrons. The van der Waals surface area contributed by atoms with Crippen LogP contribution in [0.25, 0.3) is 0 Å². The van der Waals surface area contributed by atoms with Gasteiger partial charge in [-0.15, -0.1) is 0 Å². The van der Waals surface area contributed by atoms with Crippen LogP contribution in [0.2, 0.25) is 0 Å². The lowest BCUT2D eigenvalue weighted by molar-refractivity contribution is 0.0710. The van der Waals surface area contributed by atoms with Gasteiger partial charge in [0.25, 0.3) is 5.91 Å². The molecule has 0 radical (unpaired) electrons. The Hall–Kier alpha value is -4.10. The summed E-state index contributed by atoms with van der Waals surface area (Å²) in [5.74, 6) is 1.54. The smallest absolute Gasteiger partial charge is 0.289 e. The van der Waals surface area contributed by atoms with Crippen LogP contribution in [0.15, 0.2) is 95.4 Å². The molecule has 0 unspecified atom stereocenters. The third-order valence-electron chi connectivity index (χ3n) is 6.93. The van der Waals surface area contributed by atoms with Gasteiger partial charge in [-0.05, 0) is 42.8 Å². The van der Waals surface area contributed by atoms with Crippen molar-refractivity contribution in [1.82, 2.24) is 9.80 Å². The van der Waals surface area contributed by atoms with Gasteiger partial charge >= 0.3 is 0 Å². The highest BCUT2D eigenvalue weighted by molar-refractivity contribution is 5.91. The summed E-state index contributed by atoms with van der Waals surface area (Å²) in [5, 5.41) is 0. The minimum absolute atomic E-state index is 0.109. The van der Waals surface area contributed by atoms with E-state index in [1.807, 2.05) is 60.4 Å². The summed E-state index contributed by atoms with van der Waals surface area (Å²) in [6.45, 7) is 6.74. The standard InChI is InChI=1S/C32H34FN3O3/c1-2-38-30-15-9-8-14-29(30)35-18-20-36(21-19-35)32(37)31-17-16-27(39-31)24-34(22-25-10-4-3-5-11-25)23-26-12-6-7-13-28(26)33/h3-17H,2,18-24H2,1H3. The minimum Gasteiger partial charge on any atom is -0.492 e. The van der Waals surface area contributed by atoms with Crippen molar-refractivity contribution in [3.8, 4) is 5.75 Å². The van der Waals surface area contributed by atoms with Crippen LogP contribution in [0.5, 0.6) is 5.75 Å². The summed E-state index contributed by atoms with van der Waals surface area (Å²) >= 11 is 0. The number of piperazine rings is 1. The molecule has 7 heteroatoms. The van der Waals surface area contributed by atoms with Gasteiger partial charge in [0.2, 0.25) is 0 Å². The quantitative estimate of drug-likeness (QED) is 0.254. The average Bonchev–Trinajstić information content (AvgIpc) is 3.43. The number of rotatable bonds is 10. The summed E-state index contributed by atoms with van der Waals surface area (Å²) in [5.41, 5.74) is 2.81. The van der Waals surface area contributed by atoms with Gasteiger partial charge in [0.05, 0.1) is 18.8 Å². The van der Waals surface area contributed by atoms with Crippen molar-refractivity contribution in [3.63, 3.8) is 0 Å². The number of para-hydroxylation sites is 2. The number of hydrogen-bond acceptors (Lipinski definition) is 5. The zero-order chi connectivity index (χ0) is 27.0. The molecule has 1 amide bonds. The van der Waals surface area contributed by atoms with Crippen molar-refractivity contribution in [1.29, 1.82) is 0 Å². The molecule has 1 fully saturated rings. The largest absolute Gasteiger partial charge is 0.492 e. The Bertz CT molecular complexity index is 1370. The fraction of sp³-hybridized carbons (Fsp3) is 0.281. The topological polar surface area (TPSA) is 49.2 Å². The van der Waals surface area contributed by atoms with Crippen LogP contribution in [-0.2, 0) is 19.6 Å². The lowest BCUT2D eigenvalue weighted by Gasteiger charge is -2.36. The maximum absolute atomic E-state index is 14.4. The van der Waals surface area contributed by atoms with E-state index in [9.17, 15) is 9.18 Å². The summed E-state index contributed by atoms with van der Waals surface area (Å²) in [4.78, 5) is 19.5. The van der Waals surface area contributed by atoms with E-state index in [-0.39, 0.29) is 11.7 Å². The number of carbonyl (C=O) groups is 1. The zero-order valence-electron chi connectivity index (χ0n) is 22.3. The minimum atomic E-state index is -0.228. The first-order valence-corrected chi connectivity index (χ1v) is 13.4. The Kier molecular flexibility index (Phi) is 8.58. The molecule has 39 heavy (non-hydrogen) atoms. The van der Waals surface area contributed by atoms with E-state index >= 15 is 0 Å². The normalized spacial score (nSPS) is 13.6.